The third-order valence-electron chi connectivity index (χ3n) is 3.20. The molecule has 7 nitrogen and oxygen atoms in total. The summed E-state index contributed by atoms with van der Waals surface area (Å²) in [6, 6.07) is 0. The van der Waals surface area contributed by atoms with E-state index in [1.165, 1.54) is 17.1 Å². The minimum absolute atomic E-state index is 0.174. The monoisotopic (exact) mass is 381 g/mol. The average molecular weight is 382 g/mol. The molecule has 120 valence electrons. The highest BCUT2D eigenvalue weighted by molar-refractivity contribution is 9.10. The topological polar surface area (TPSA) is 90.3 Å². The van der Waals surface area contributed by atoms with Gasteiger partial charge in [0.1, 0.15) is 4.47 Å². The lowest BCUT2D eigenvalue weighted by molar-refractivity contribution is 0.181. The number of aromatic nitrogens is 2. The van der Waals surface area contributed by atoms with Crippen LogP contribution in [-0.4, -0.2) is 49.5 Å². The van der Waals surface area contributed by atoms with Gasteiger partial charge in [0.2, 0.25) is 0 Å². The third-order valence-corrected chi connectivity index (χ3v) is 6.12. The third kappa shape index (κ3) is 4.52. The summed E-state index contributed by atoms with van der Waals surface area (Å²) in [7, 11) is -1.67. The molecule has 0 bridgehead atoms. The summed E-state index contributed by atoms with van der Waals surface area (Å²) in [6.07, 6.45) is 2.67. The summed E-state index contributed by atoms with van der Waals surface area (Å²) < 4.78 is 28.9. The maximum Gasteiger partial charge on any atom is 0.283 e. The van der Waals surface area contributed by atoms with Gasteiger partial charge in [-0.3, -0.25) is 4.79 Å². The molecule has 0 radical (unpaired) electrons. The van der Waals surface area contributed by atoms with Crippen LogP contribution in [0, 0.1) is 0 Å². The van der Waals surface area contributed by atoms with E-state index in [-0.39, 0.29) is 12.1 Å². The molecule has 0 fully saturated rings. The summed E-state index contributed by atoms with van der Waals surface area (Å²) in [5, 5.41) is 6.97. The second-order valence-corrected chi connectivity index (χ2v) is 8.72. The number of ether oxygens (including phenoxy) is 1. The SMILES string of the molecule is COCCn1ncc(NCC(C)(C)S(C)(=O)=O)c(Br)c1=O. The molecule has 0 aliphatic heterocycles. The molecule has 0 saturated heterocycles. The van der Waals surface area contributed by atoms with Crippen molar-refractivity contribution in [3.8, 4) is 0 Å². The van der Waals surface area contributed by atoms with Crippen LogP contribution >= 0.6 is 15.9 Å². The van der Waals surface area contributed by atoms with Gasteiger partial charge in [-0.1, -0.05) is 0 Å². The van der Waals surface area contributed by atoms with E-state index >= 15 is 0 Å². The molecule has 1 aromatic heterocycles. The second kappa shape index (κ2) is 6.89. The van der Waals surface area contributed by atoms with Crippen LogP contribution in [0.4, 0.5) is 5.69 Å². The summed E-state index contributed by atoms with van der Waals surface area (Å²) in [5.41, 5.74) is 0.166. The molecular weight excluding hydrogens is 362 g/mol. The van der Waals surface area contributed by atoms with Crippen LogP contribution in [0.15, 0.2) is 15.5 Å². The first-order valence-electron chi connectivity index (χ1n) is 6.28. The molecule has 0 spiro atoms. The van der Waals surface area contributed by atoms with Crippen molar-refractivity contribution >= 4 is 31.5 Å². The fourth-order valence-electron chi connectivity index (χ4n) is 1.36. The molecule has 0 saturated carbocycles. The summed E-state index contributed by atoms with van der Waals surface area (Å²) in [5.74, 6) is 0. The van der Waals surface area contributed by atoms with Crippen LogP contribution in [0.2, 0.25) is 0 Å². The zero-order valence-electron chi connectivity index (χ0n) is 12.5. The fraction of sp³-hybridized carbons (Fsp3) is 0.667. The minimum atomic E-state index is -3.21. The first-order valence-corrected chi connectivity index (χ1v) is 8.96. The lowest BCUT2D eigenvalue weighted by Gasteiger charge is -2.23. The molecule has 21 heavy (non-hydrogen) atoms. The predicted octanol–water partition coefficient (Wildman–Crippen LogP) is 0.887. The number of hydrogen-bond acceptors (Lipinski definition) is 6. The Morgan fingerprint density at radius 3 is 2.62 bits per heavy atom. The zero-order valence-corrected chi connectivity index (χ0v) is 14.9. The highest BCUT2D eigenvalue weighted by Crippen LogP contribution is 2.20. The van der Waals surface area contributed by atoms with Crippen LogP contribution in [0.1, 0.15) is 13.8 Å². The number of halogens is 1. The Morgan fingerprint density at radius 2 is 2.10 bits per heavy atom. The van der Waals surface area contributed by atoms with E-state index in [4.69, 9.17) is 4.74 Å². The molecule has 0 aliphatic rings. The summed E-state index contributed by atoms with van der Waals surface area (Å²) >= 11 is 3.22. The van der Waals surface area contributed by atoms with Gasteiger partial charge in [0.25, 0.3) is 5.56 Å². The van der Waals surface area contributed by atoms with Crippen molar-refractivity contribution in [2.45, 2.75) is 25.1 Å². The highest BCUT2D eigenvalue weighted by Gasteiger charge is 2.30. The Hall–Kier alpha value is -0.930. The molecule has 9 heteroatoms. The quantitative estimate of drug-likeness (QED) is 0.753. The van der Waals surface area contributed by atoms with Crippen molar-refractivity contribution in [1.29, 1.82) is 0 Å². The van der Waals surface area contributed by atoms with Crippen LogP contribution in [0.25, 0.3) is 0 Å². The Kier molecular flexibility index (Phi) is 5.94. The van der Waals surface area contributed by atoms with Crippen molar-refractivity contribution in [3.05, 3.63) is 21.0 Å². The smallest absolute Gasteiger partial charge is 0.283 e. The maximum absolute atomic E-state index is 12.1. The number of nitrogens with zero attached hydrogens (tertiary/aromatic N) is 2. The van der Waals surface area contributed by atoms with E-state index < -0.39 is 14.6 Å². The van der Waals surface area contributed by atoms with Crippen molar-refractivity contribution in [3.63, 3.8) is 0 Å². The van der Waals surface area contributed by atoms with E-state index in [0.29, 0.717) is 23.3 Å². The number of anilines is 1. The van der Waals surface area contributed by atoms with Gasteiger partial charge < -0.3 is 10.1 Å². The van der Waals surface area contributed by atoms with Gasteiger partial charge in [0, 0.05) is 19.9 Å². The first kappa shape index (κ1) is 18.1. The molecule has 1 heterocycles. The normalized spacial score (nSPS) is 12.4. The van der Waals surface area contributed by atoms with Crippen molar-refractivity contribution < 1.29 is 13.2 Å². The van der Waals surface area contributed by atoms with Crippen LogP contribution in [-0.2, 0) is 21.1 Å². The molecule has 0 amide bonds. The molecule has 0 unspecified atom stereocenters. The molecular formula is C12H20BrN3O4S. The number of methoxy groups -OCH3 is 1. The van der Waals surface area contributed by atoms with E-state index in [9.17, 15) is 13.2 Å². The fourth-order valence-corrected chi connectivity index (χ4v) is 2.15. The molecule has 1 N–H and O–H groups in total. The number of rotatable bonds is 7. The number of hydrogen-bond donors (Lipinski definition) is 1. The predicted molar refractivity (Wildman–Crippen MR) is 85.5 cm³/mol. The molecule has 1 aromatic rings. The van der Waals surface area contributed by atoms with Crippen molar-refractivity contribution in [1.82, 2.24) is 9.78 Å². The van der Waals surface area contributed by atoms with Crippen molar-refractivity contribution in [2.24, 2.45) is 0 Å². The van der Waals surface area contributed by atoms with Gasteiger partial charge in [-0.05, 0) is 29.8 Å². The molecule has 0 aromatic carbocycles. The van der Waals surface area contributed by atoms with Gasteiger partial charge in [0.15, 0.2) is 9.84 Å². The summed E-state index contributed by atoms with van der Waals surface area (Å²) in [6.45, 7) is 4.15. The van der Waals surface area contributed by atoms with E-state index in [1.54, 1.807) is 21.0 Å². The Morgan fingerprint density at radius 1 is 1.48 bits per heavy atom. The average Bonchev–Trinajstić information content (AvgIpc) is 2.38. The Labute approximate surface area is 132 Å². The lowest BCUT2D eigenvalue weighted by atomic mass is 10.2. The van der Waals surface area contributed by atoms with E-state index in [0.717, 1.165) is 0 Å². The molecule has 1 rings (SSSR count). The molecule has 0 aliphatic carbocycles. The van der Waals surface area contributed by atoms with Gasteiger partial charge >= 0.3 is 0 Å². The van der Waals surface area contributed by atoms with Crippen LogP contribution in [0.3, 0.4) is 0 Å². The zero-order chi connectivity index (χ0) is 16.3. The van der Waals surface area contributed by atoms with E-state index in [2.05, 4.69) is 26.3 Å². The van der Waals surface area contributed by atoms with Gasteiger partial charge in [0.05, 0.1) is 29.8 Å². The lowest BCUT2D eigenvalue weighted by Crippen LogP contribution is -2.38. The largest absolute Gasteiger partial charge is 0.383 e. The highest BCUT2D eigenvalue weighted by atomic mass is 79.9. The van der Waals surface area contributed by atoms with E-state index in [1.807, 2.05) is 0 Å². The van der Waals surface area contributed by atoms with Gasteiger partial charge in [-0.2, -0.15) is 5.10 Å². The number of nitrogens with one attached hydrogen (secondary N) is 1. The standard InChI is InChI=1S/C12H20BrN3O4S/c1-12(2,21(4,18)19)8-14-9-7-15-16(5-6-20-3)11(17)10(9)13/h7,14H,5-6,8H2,1-4H3. The number of sulfone groups is 1. The van der Waals surface area contributed by atoms with Crippen molar-refractivity contribution in [2.75, 3.05) is 31.8 Å². The maximum atomic E-state index is 12.1. The molecule has 0 atom stereocenters. The van der Waals surface area contributed by atoms with Gasteiger partial charge in [-0.15, -0.1) is 0 Å². The summed E-state index contributed by atoms with van der Waals surface area (Å²) in [4.78, 5) is 12.1. The Balaban J connectivity index is 2.92. The van der Waals surface area contributed by atoms with Crippen LogP contribution in [0.5, 0.6) is 0 Å². The van der Waals surface area contributed by atoms with Gasteiger partial charge in [-0.25, -0.2) is 13.1 Å². The first-order chi connectivity index (χ1) is 9.60. The minimum Gasteiger partial charge on any atom is -0.383 e. The Bertz CT molecular complexity index is 655. The second-order valence-electron chi connectivity index (χ2n) is 5.28. The van der Waals surface area contributed by atoms with Crippen LogP contribution < -0.4 is 10.9 Å².